The van der Waals surface area contributed by atoms with E-state index < -0.39 is 23.8 Å². The molecule has 0 N–H and O–H groups in total. The summed E-state index contributed by atoms with van der Waals surface area (Å²) in [5.41, 5.74) is 0.736. The highest BCUT2D eigenvalue weighted by Gasteiger charge is 2.35. The van der Waals surface area contributed by atoms with Gasteiger partial charge in [-0.1, -0.05) is 6.08 Å². The van der Waals surface area contributed by atoms with E-state index in [1.807, 2.05) is 11.9 Å². The first-order valence-electron chi connectivity index (χ1n) is 8.35. The lowest BCUT2D eigenvalue weighted by Crippen LogP contribution is -2.54. The number of benzene rings is 1. The van der Waals surface area contributed by atoms with Gasteiger partial charge in [0.1, 0.15) is 17.8 Å². The summed E-state index contributed by atoms with van der Waals surface area (Å²) in [7, 11) is 3.46. The molecule has 0 aliphatic carbocycles. The third-order valence-electron chi connectivity index (χ3n) is 4.97. The Kier molecular flexibility index (Phi) is 5.03. The fraction of sp³-hybridized carbons (Fsp3) is 0.500. The number of hydrogen-bond donors (Lipinski definition) is 0. The van der Waals surface area contributed by atoms with Gasteiger partial charge in [0.15, 0.2) is 0 Å². The molecule has 1 aromatic rings. The molecule has 4 nitrogen and oxygen atoms in total. The molecule has 2 amide bonds. The molecule has 0 unspecified atom stereocenters. The molecule has 25 heavy (non-hydrogen) atoms. The monoisotopic (exact) mass is 353 g/mol. The van der Waals surface area contributed by atoms with Crippen molar-refractivity contribution in [3.8, 4) is 0 Å². The number of piperidine rings is 1. The molecular formula is C18H22F3N3O. The predicted octanol–water partition coefficient (Wildman–Crippen LogP) is 2.76. The fourth-order valence-electron chi connectivity index (χ4n) is 3.48. The van der Waals surface area contributed by atoms with E-state index in [1.54, 1.807) is 13.1 Å². The Balaban J connectivity index is 1.66. The molecule has 0 saturated carbocycles. The van der Waals surface area contributed by atoms with Crippen molar-refractivity contribution in [2.75, 3.05) is 40.3 Å². The van der Waals surface area contributed by atoms with Crippen LogP contribution in [-0.4, -0.2) is 73.2 Å². The van der Waals surface area contributed by atoms with Crippen LogP contribution in [0.1, 0.15) is 12.0 Å². The highest BCUT2D eigenvalue weighted by molar-refractivity contribution is 5.81. The van der Waals surface area contributed by atoms with E-state index in [4.69, 9.17) is 0 Å². The molecule has 2 aliphatic heterocycles. The summed E-state index contributed by atoms with van der Waals surface area (Å²) in [6.45, 7) is 1.53. The summed E-state index contributed by atoms with van der Waals surface area (Å²) < 4.78 is 41.6. The summed E-state index contributed by atoms with van der Waals surface area (Å²) in [5.74, 6) is -1.04. The van der Waals surface area contributed by atoms with E-state index in [9.17, 15) is 18.0 Å². The summed E-state index contributed by atoms with van der Waals surface area (Å²) >= 11 is 0. The van der Waals surface area contributed by atoms with Gasteiger partial charge in [0.05, 0.1) is 6.04 Å². The molecular weight excluding hydrogens is 331 g/mol. The number of hydrogen-bond acceptors (Lipinski definition) is 2. The molecule has 2 atom stereocenters. The largest absolute Gasteiger partial charge is 0.322 e. The van der Waals surface area contributed by atoms with Crippen molar-refractivity contribution >= 4 is 11.6 Å². The van der Waals surface area contributed by atoms with Gasteiger partial charge in [-0.2, -0.15) is 0 Å². The number of urea groups is 1. The average Bonchev–Trinajstić information content (AvgIpc) is 3.05. The van der Waals surface area contributed by atoms with E-state index in [1.165, 1.54) is 9.80 Å². The molecule has 2 heterocycles. The van der Waals surface area contributed by atoms with Crippen molar-refractivity contribution in [3.05, 3.63) is 41.5 Å². The van der Waals surface area contributed by atoms with Crippen molar-refractivity contribution in [2.45, 2.75) is 18.6 Å². The van der Waals surface area contributed by atoms with E-state index in [0.717, 1.165) is 24.7 Å². The number of likely N-dealkylation sites (tertiary alicyclic amines) is 1. The Morgan fingerprint density at radius 2 is 2.08 bits per heavy atom. The van der Waals surface area contributed by atoms with E-state index in [-0.39, 0.29) is 18.1 Å². The zero-order valence-electron chi connectivity index (χ0n) is 14.4. The van der Waals surface area contributed by atoms with Crippen LogP contribution in [0.15, 0.2) is 24.3 Å². The Hall–Kier alpha value is -2.02. The van der Waals surface area contributed by atoms with Crippen LogP contribution in [0.5, 0.6) is 0 Å². The van der Waals surface area contributed by atoms with Gasteiger partial charge in [-0.05, 0) is 37.2 Å². The molecule has 1 fully saturated rings. The maximum atomic E-state index is 14.3. The van der Waals surface area contributed by atoms with Crippen LogP contribution in [0, 0.1) is 11.6 Å². The normalized spacial score (nSPS) is 24.4. The van der Waals surface area contributed by atoms with Crippen LogP contribution in [0.4, 0.5) is 18.0 Å². The third kappa shape index (κ3) is 3.66. The second-order valence-electron chi connectivity index (χ2n) is 6.76. The van der Waals surface area contributed by atoms with Crippen LogP contribution < -0.4 is 0 Å². The lowest BCUT2D eigenvalue weighted by molar-refractivity contribution is 0.0633. The molecule has 0 aromatic heterocycles. The minimum Gasteiger partial charge on any atom is -0.322 e. The van der Waals surface area contributed by atoms with Gasteiger partial charge >= 0.3 is 6.03 Å². The minimum absolute atomic E-state index is 0.167. The highest BCUT2D eigenvalue weighted by Crippen LogP contribution is 2.26. The van der Waals surface area contributed by atoms with Gasteiger partial charge in [-0.25, -0.2) is 18.0 Å². The van der Waals surface area contributed by atoms with Crippen molar-refractivity contribution in [1.29, 1.82) is 0 Å². The maximum absolute atomic E-state index is 14.3. The van der Waals surface area contributed by atoms with Crippen LogP contribution in [0.25, 0.3) is 5.57 Å². The third-order valence-corrected chi connectivity index (χ3v) is 4.97. The number of amides is 2. The standard InChI is InChI=1S/C18H22F3N3O/c1-22-7-6-17(16(21)11-22)23(2)18(25)24-8-5-12(10-24)14-9-13(19)3-4-15(14)20/h3-5,9,16-17H,6-8,10-11H2,1-2H3/t16-,17+/m0/s1. The summed E-state index contributed by atoms with van der Waals surface area (Å²) in [6.07, 6.45) is 1.20. The van der Waals surface area contributed by atoms with E-state index >= 15 is 0 Å². The Morgan fingerprint density at radius 1 is 1.32 bits per heavy atom. The number of carbonyl (C=O) groups excluding carboxylic acids is 1. The Labute approximate surface area is 145 Å². The topological polar surface area (TPSA) is 26.8 Å². The summed E-state index contributed by atoms with van der Waals surface area (Å²) in [4.78, 5) is 17.5. The quantitative estimate of drug-likeness (QED) is 0.817. The molecule has 7 heteroatoms. The van der Waals surface area contributed by atoms with Crippen LogP contribution >= 0.6 is 0 Å². The summed E-state index contributed by atoms with van der Waals surface area (Å²) in [6, 6.07) is 2.52. The maximum Gasteiger partial charge on any atom is 0.320 e. The van der Waals surface area contributed by atoms with Gasteiger partial charge in [0.2, 0.25) is 0 Å². The molecule has 136 valence electrons. The van der Waals surface area contributed by atoms with Crippen molar-refractivity contribution in [1.82, 2.24) is 14.7 Å². The Bertz CT molecular complexity index is 694. The zero-order chi connectivity index (χ0) is 18.1. The molecule has 1 saturated heterocycles. The van der Waals surface area contributed by atoms with E-state index in [2.05, 4.69) is 0 Å². The molecule has 0 bridgehead atoms. The molecule has 2 aliphatic rings. The molecule has 1 aromatic carbocycles. The number of rotatable bonds is 2. The second kappa shape index (κ2) is 7.07. The first kappa shape index (κ1) is 17.8. The fourth-order valence-corrected chi connectivity index (χ4v) is 3.48. The average molecular weight is 353 g/mol. The van der Waals surface area contributed by atoms with Gasteiger partial charge in [0.25, 0.3) is 0 Å². The SMILES string of the molecule is CN1CC[C@@H](N(C)C(=O)N2CC=C(c3cc(F)ccc3F)C2)[C@@H](F)C1. The molecule has 0 radical (unpaired) electrons. The number of halogens is 3. The lowest BCUT2D eigenvalue weighted by Gasteiger charge is -2.39. The Morgan fingerprint density at radius 3 is 2.80 bits per heavy atom. The van der Waals surface area contributed by atoms with Gasteiger partial charge in [-0.15, -0.1) is 0 Å². The minimum atomic E-state index is -1.09. The van der Waals surface area contributed by atoms with Crippen molar-refractivity contribution in [2.24, 2.45) is 0 Å². The van der Waals surface area contributed by atoms with Crippen molar-refractivity contribution < 1.29 is 18.0 Å². The van der Waals surface area contributed by atoms with Gasteiger partial charge in [0, 0.05) is 38.8 Å². The van der Waals surface area contributed by atoms with Crippen LogP contribution in [-0.2, 0) is 0 Å². The molecule has 3 rings (SSSR count). The van der Waals surface area contributed by atoms with Gasteiger partial charge in [-0.3, -0.25) is 0 Å². The van der Waals surface area contributed by atoms with E-state index in [0.29, 0.717) is 25.1 Å². The number of nitrogens with zero attached hydrogens (tertiary/aromatic N) is 3. The van der Waals surface area contributed by atoms with Crippen LogP contribution in [0.3, 0.4) is 0 Å². The smallest absolute Gasteiger partial charge is 0.320 e. The first-order chi connectivity index (χ1) is 11.9. The number of alkyl halides is 1. The zero-order valence-corrected chi connectivity index (χ0v) is 14.4. The second-order valence-corrected chi connectivity index (χ2v) is 6.76. The van der Waals surface area contributed by atoms with Crippen LogP contribution in [0.2, 0.25) is 0 Å². The lowest BCUT2D eigenvalue weighted by atomic mass is 10.0. The van der Waals surface area contributed by atoms with Crippen molar-refractivity contribution in [3.63, 3.8) is 0 Å². The summed E-state index contributed by atoms with van der Waals surface area (Å²) in [5, 5.41) is 0. The predicted molar refractivity (Wildman–Crippen MR) is 89.9 cm³/mol. The number of carbonyl (C=O) groups is 1. The first-order valence-corrected chi connectivity index (χ1v) is 8.35. The molecule has 0 spiro atoms. The highest BCUT2D eigenvalue weighted by atomic mass is 19.1. The van der Waals surface area contributed by atoms with Gasteiger partial charge < -0.3 is 14.7 Å².